The number of rotatable bonds is 3. The summed E-state index contributed by atoms with van der Waals surface area (Å²) in [5.74, 6) is -0.434. The molecule has 10 heteroatoms. The molecule has 0 radical (unpaired) electrons. The van der Waals surface area contributed by atoms with Crippen LogP contribution < -0.4 is 10.9 Å². The number of hydrazine groups is 1. The number of hydrogen-bond donors (Lipinski definition) is 2. The summed E-state index contributed by atoms with van der Waals surface area (Å²) in [7, 11) is -3.67. The molecule has 0 saturated carbocycles. The first-order valence-electron chi connectivity index (χ1n) is 8.54. The SMILES string of the molecule is O=C(NNC(=O)N1CCN(S(=O)(=O)c2cccc(Cl)c2)CC1)c1ccccc1. The number of urea groups is 1. The van der Waals surface area contributed by atoms with Crippen LogP contribution in [0.2, 0.25) is 5.02 Å². The zero-order valence-electron chi connectivity index (χ0n) is 14.8. The van der Waals surface area contributed by atoms with E-state index in [0.29, 0.717) is 10.6 Å². The number of nitrogens with zero attached hydrogens (tertiary/aromatic N) is 2. The number of sulfonamides is 1. The van der Waals surface area contributed by atoms with Crippen molar-refractivity contribution in [2.75, 3.05) is 26.2 Å². The third-order valence-electron chi connectivity index (χ3n) is 4.28. The lowest BCUT2D eigenvalue weighted by Crippen LogP contribution is -2.56. The van der Waals surface area contributed by atoms with Crippen LogP contribution >= 0.6 is 11.6 Å². The Morgan fingerprint density at radius 2 is 1.57 bits per heavy atom. The molecular weight excluding hydrogens is 404 g/mol. The van der Waals surface area contributed by atoms with Gasteiger partial charge in [-0.3, -0.25) is 10.2 Å². The van der Waals surface area contributed by atoms with Crippen molar-refractivity contribution in [3.8, 4) is 0 Å². The molecule has 0 bridgehead atoms. The molecule has 3 rings (SSSR count). The summed E-state index contributed by atoms with van der Waals surface area (Å²) in [4.78, 5) is 25.7. The second kappa shape index (κ2) is 8.59. The van der Waals surface area contributed by atoms with Gasteiger partial charge in [-0.15, -0.1) is 0 Å². The van der Waals surface area contributed by atoms with Crippen molar-refractivity contribution < 1.29 is 18.0 Å². The molecule has 1 saturated heterocycles. The Bertz CT molecular complexity index is 961. The molecule has 8 nitrogen and oxygen atoms in total. The molecule has 148 valence electrons. The van der Waals surface area contributed by atoms with Gasteiger partial charge in [-0.2, -0.15) is 4.31 Å². The summed E-state index contributed by atoms with van der Waals surface area (Å²) in [5, 5.41) is 0.341. The van der Waals surface area contributed by atoms with Crippen molar-refractivity contribution in [1.82, 2.24) is 20.1 Å². The molecule has 0 unspecified atom stereocenters. The Hall–Kier alpha value is -2.62. The van der Waals surface area contributed by atoms with Crippen molar-refractivity contribution in [2.24, 2.45) is 0 Å². The van der Waals surface area contributed by atoms with Crippen LogP contribution in [0.1, 0.15) is 10.4 Å². The van der Waals surface area contributed by atoms with E-state index in [-0.39, 0.29) is 31.1 Å². The fraction of sp³-hybridized carbons (Fsp3) is 0.222. The fourth-order valence-corrected chi connectivity index (χ4v) is 4.48. The summed E-state index contributed by atoms with van der Waals surface area (Å²) >= 11 is 5.88. The van der Waals surface area contributed by atoms with Crippen LogP contribution in [-0.2, 0) is 10.0 Å². The monoisotopic (exact) mass is 422 g/mol. The fourth-order valence-electron chi connectivity index (χ4n) is 2.76. The molecule has 2 aromatic carbocycles. The van der Waals surface area contributed by atoms with E-state index in [2.05, 4.69) is 10.9 Å². The lowest BCUT2D eigenvalue weighted by molar-refractivity contribution is 0.0926. The normalized spacial score (nSPS) is 15.1. The summed E-state index contributed by atoms with van der Waals surface area (Å²) in [6, 6.07) is 14.0. The number of carbonyl (C=O) groups is 2. The minimum absolute atomic E-state index is 0.119. The molecular formula is C18H19ClN4O4S. The number of nitrogens with one attached hydrogen (secondary N) is 2. The topological polar surface area (TPSA) is 98.8 Å². The average Bonchev–Trinajstić information content (AvgIpc) is 2.72. The van der Waals surface area contributed by atoms with E-state index in [1.807, 2.05) is 0 Å². The maximum absolute atomic E-state index is 12.7. The standard InChI is InChI=1S/C18H19ClN4O4S/c19-15-7-4-8-16(13-15)28(26,27)23-11-9-22(10-12-23)18(25)21-20-17(24)14-5-2-1-3-6-14/h1-8,13H,9-12H2,(H,20,24)(H,21,25). The van der Waals surface area contributed by atoms with E-state index < -0.39 is 22.0 Å². The van der Waals surface area contributed by atoms with Crippen LogP contribution in [0, 0.1) is 0 Å². The van der Waals surface area contributed by atoms with E-state index in [1.165, 1.54) is 21.3 Å². The van der Waals surface area contributed by atoms with Crippen LogP contribution in [0.5, 0.6) is 0 Å². The van der Waals surface area contributed by atoms with Gasteiger partial charge in [0.25, 0.3) is 5.91 Å². The van der Waals surface area contributed by atoms with E-state index >= 15 is 0 Å². The van der Waals surface area contributed by atoms with Crippen LogP contribution in [0.25, 0.3) is 0 Å². The quantitative estimate of drug-likeness (QED) is 0.735. The maximum Gasteiger partial charge on any atom is 0.336 e. The smallest absolute Gasteiger partial charge is 0.321 e. The van der Waals surface area contributed by atoms with Crippen LogP contribution in [-0.4, -0.2) is 55.7 Å². The molecule has 3 amide bonds. The van der Waals surface area contributed by atoms with Crippen LogP contribution in [0.3, 0.4) is 0 Å². The zero-order valence-corrected chi connectivity index (χ0v) is 16.4. The average molecular weight is 423 g/mol. The number of carbonyl (C=O) groups excluding carboxylic acids is 2. The van der Waals surface area contributed by atoms with Gasteiger partial charge in [0.05, 0.1) is 4.90 Å². The number of hydrogen-bond acceptors (Lipinski definition) is 4. The summed E-state index contributed by atoms with van der Waals surface area (Å²) in [6.45, 7) is 0.698. The van der Waals surface area contributed by atoms with Crippen molar-refractivity contribution in [3.05, 3.63) is 65.2 Å². The molecule has 2 aromatic rings. The van der Waals surface area contributed by atoms with Gasteiger partial charge in [-0.25, -0.2) is 18.6 Å². The molecule has 1 aliphatic rings. The van der Waals surface area contributed by atoms with Gasteiger partial charge in [0.15, 0.2) is 0 Å². The van der Waals surface area contributed by atoms with Crippen LogP contribution in [0.4, 0.5) is 4.79 Å². The number of piperazine rings is 1. The Kier molecular flexibility index (Phi) is 6.18. The molecule has 0 atom stereocenters. The summed E-state index contributed by atoms with van der Waals surface area (Å²) in [6.07, 6.45) is 0. The number of halogens is 1. The van der Waals surface area contributed by atoms with Gasteiger partial charge in [0, 0.05) is 36.8 Å². The highest BCUT2D eigenvalue weighted by Gasteiger charge is 2.30. The molecule has 0 aliphatic carbocycles. The summed E-state index contributed by atoms with van der Waals surface area (Å²) in [5.41, 5.74) is 5.11. The van der Waals surface area contributed by atoms with Gasteiger partial charge < -0.3 is 4.90 Å². The number of benzene rings is 2. The molecule has 1 fully saturated rings. The van der Waals surface area contributed by atoms with Gasteiger partial charge >= 0.3 is 6.03 Å². The summed E-state index contributed by atoms with van der Waals surface area (Å²) < 4.78 is 26.7. The Balaban J connectivity index is 1.53. The van der Waals surface area contributed by atoms with Crippen molar-refractivity contribution in [3.63, 3.8) is 0 Å². The van der Waals surface area contributed by atoms with Crippen LogP contribution in [0.15, 0.2) is 59.5 Å². The molecule has 28 heavy (non-hydrogen) atoms. The lowest BCUT2D eigenvalue weighted by Gasteiger charge is -2.33. The predicted molar refractivity (Wildman–Crippen MR) is 104 cm³/mol. The highest BCUT2D eigenvalue weighted by Crippen LogP contribution is 2.20. The second-order valence-corrected chi connectivity index (χ2v) is 8.47. The first-order chi connectivity index (χ1) is 13.4. The highest BCUT2D eigenvalue weighted by molar-refractivity contribution is 7.89. The molecule has 2 N–H and O–H groups in total. The largest absolute Gasteiger partial charge is 0.336 e. The van der Waals surface area contributed by atoms with Crippen molar-refractivity contribution >= 4 is 33.6 Å². The van der Waals surface area contributed by atoms with Gasteiger partial charge in [-0.05, 0) is 30.3 Å². The third-order valence-corrected chi connectivity index (χ3v) is 6.41. The van der Waals surface area contributed by atoms with Crippen molar-refractivity contribution in [2.45, 2.75) is 4.90 Å². The third kappa shape index (κ3) is 4.61. The van der Waals surface area contributed by atoms with E-state index in [9.17, 15) is 18.0 Å². The lowest BCUT2D eigenvalue weighted by atomic mass is 10.2. The van der Waals surface area contributed by atoms with E-state index in [0.717, 1.165) is 0 Å². The molecule has 0 spiro atoms. The minimum Gasteiger partial charge on any atom is -0.321 e. The highest BCUT2D eigenvalue weighted by atomic mass is 35.5. The van der Waals surface area contributed by atoms with Gasteiger partial charge in [0.1, 0.15) is 0 Å². The van der Waals surface area contributed by atoms with Gasteiger partial charge in [-0.1, -0.05) is 35.9 Å². The van der Waals surface area contributed by atoms with E-state index in [1.54, 1.807) is 42.5 Å². The minimum atomic E-state index is -3.67. The Morgan fingerprint density at radius 3 is 2.21 bits per heavy atom. The first kappa shape index (κ1) is 20.1. The maximum atomic E-state index is 12.7. The molecule has 1 heterocycles. The van der Waals surface area contributed by atoms with E-state index in [4.69, 9.17) is 11.6 Å². The Labute approximate surface area is 168 Å². The zero-order chi connectivity index (χ0) is 20.1. The predicted octanol–water partition coefficient (Wildman–Crippen LogP) is 1.70. The second-order valence-electron chi connectivity index (χ2n) is 6.10. The first-order valence-corrected chi connectivity index (χ1v) is 10.4. The molecule has 1 aliphatic heterocycles. The molecule has 0 aromatic heterocycles. The van der Waals surface area contributed by atoms with Gasteiger partial charge in [0.2, 0.25) is 10.0 Å². The Morgan fingerprint density at radius 1 is 0.893 bits per heavy atom. The number of amides is 3. The van der Waals surface area contributed by atoms with Crippen molar-refractivity contribution in [1.29, 1.82) is 0 Å².